The molecule has 0 unspecified atom stereocenters. The Hall–Kier alpha value is -3.43. The van der Waals surface area contributed by atoms with Gasteiger partial charge in [0.2, 0.25) is 10.0 Å². The molecule has 10 heteroatoms. The van der Waals surface area contributed by atoms with Crippen LogP contribution >= 0.6 is 11.6 Å². The highest BCUT2D eigenvalue weighted by molar-refractivity contribution is 7.92. The van der Waals surface area contributed by atoms with Crippen LogP contribution in [0.15, 0.2) is 66.7 Å². The van der Waals surface area contributed by atoms with Gasteiger partial charge < -0.3 is 10.6 Å². The van der Waals surface area contributed by atoms with Gasteiger partial charge in [0.25, 0.3) is 11.8 Å². The van der Waals surface area contributed by atoms with Gasteiger partial charge in [-0.2, -0.15) is 0 Å². The first kappa shape index (κ1) is 24.7. The van der Waals surface area contributed by atoms with Gasteiger partial charge in [0.1, 0.15) is 5.82 Å². The largest absolute Gasteiger partial charge is 0.322 e. The molecule has 2 amide bonds. The maximum Gasteiger partial charge on any atom is 0.258 e. The molecule has 3 aromatic rings. The summed E-state index contributed by atoms with van der Waals surface area (Å²) in [5.41, 5.74) is 0.956. The zero-order chi connectivity index (χ0) is 25.0. The topological polar surface area (TPSA) is 95.6 Å². The van der Waals surface area contributed by atoms with E-state index in [4.69, 9.17) is 11.6 Å². The van der Waals surface area contributed by atoms with Crippen LogP contribution in [0, 0.1) is 5.82 Å². The molecule has 4 rings (SSSR count). The Balaban J connectivity index is 1.51. The number of hydrogen-bond donors (Lipinski definition) is 2. The highest BCUT2D eigenvalue weighted by Crippen LogP contribution is 2.28. The average molecular weight is 516 g/mol. The summed E-state index contributed by atoms with van der Waals surface area (Å²) in [7, 11) is -3.53. The number of carbonyl (C=O) groups is 2. The van der Waals surface area contributed by atoms with Gasteiger partial charge in [-0.25, -0.2) is 12.8 Å². The maximum absolute atomic E-state index is 14.9. The Labute approximate surface area is 208 Å². The van der Waals surface area contributed by atoms with Crippen LogP contribution in [0.3, 0.4) is 0 Å². The zero-order valence-corrected chi connectivity index (χ0v) is 20.2. The second-order valence-electron chi connectivity index (χ2n) is 8.08. The minimum absolute atomic E-state index is 0.0105. The van der Waals surface area contributed by atoms with E-state index < -0.39 is 21.7 Å². The molecule has 0 spiro atoms. The summed E-state index contributed by atoms with van der Waals surface area (Å²) in [6.45, 7) is 0.273. The Morgan fingerprint density at radius 3 is 2.40 bits per heavy atom. The average Bonchev–Trinajstić information content (AvgIpc) is 3.01. The molecule has 0 atom stereocenters. The molecular weight excluding hydrogens is 493 g/mol. The lowest BCUT2D eigenvalue weighted by Gasteiger charge is -2.22. The summed E-state index contributed by atoms with van der Waals surface area (Å²) in [4.78, 5) is 25.2. The number of sulfonamides is 1. The minimum atomic E-state index is -3.53. The number of nitrogens with one attached hydrogen (secondary N) is 2. The number of rotatable bonds is 5. The summed E-state index contributed by atoms with van der Waals surface area (Å²) < 4.78 is 41.0. The van der Waals surface area contributed by atoms with Crippen molar-refractivity contribution in [3.05, 3.63) is 88.7 Å². The summed E-state index contributed by atoms with van der Waals surface area (Å²) >= 11 is 6.19. The lowest BCUT2D eigenvalue weighted by molar-refractivity contribution is 0.101. The number of amides is 2. The second kappa shape index (κ2) is 10.5. The highest BCUT2D eigenvalue weighted by Gasteiger charge is 2.26. The first-order chi connectivity index (χ1) is 16.7. The van der Waals surface area contributed by atoms with Crippen LogP contribution in [0.25, 0.3) is 0 Å². The Morgan fingerprint density at radius 1 is 0.886 bits per heavy atom. The van der Waals surface area contributed by atoms with E-state index in [1.807, 2.05) is 0 Å². The van der Waals surface area contributed by atoms with E-state index in [9.17, 15) is 22.4 Å². The summed E-state index contributed by atoms with van der Waals surface area (Å²) in [5.74, 6) is -1.93. The number of carbonyl (C=O) groups excluding carboxylic acids is 2. The summed E-state index contributed by atoms with van der Waals surface area (Å²) in [6, 6.07) is 16.8. The molecule has 1 fully saturated rings. The van der Waals surface area contributed by atoms with Crippen molar-refractivity contribution in [2.45, 2.75) is 19.3 Å². The van der Waals surface area contributed by atoms with E-state index in [2.05, 4.69) is 10.6 Å². The Morgan fingerprint density at radius 2 is 1.66 bits per heavy atom. The highest BCUT2D eigenvalue weighted by atomic mass is 35.5. The molecule has 1 saturated heterocycles. The van der Waals surface area contributed by atoms with Crippen LogP contribution in [-0.4, -0.2) is 32.5 Å². The van der Waals surface area contributed by atoms with Crippen molar-refractivity contribution in [2.24, 2.45) is 0 Å². The predicted molar refractivity (Wildman–Crippen MR) is 135 cm³/mol. The smallest absolute Gasteiger partial charge is 0.258 e. The zero-order valence-electron chi connectivity index (χ0n) is 18.6. The molecule has 1 aliphatic rings. The molecule has 1 aliphatic heterocycles. The molecule has 7 nitrogen and oxygen atoms in total. The Bertz CT molecular complexity index is 1370. The number of halogens is 2. The molecule has 182 valence electrons. The van der Waals surface area contributed by atoms with Crippen molar-refractivity contribution >= 4 is 50.5 Å². The maximum atomic E-state index is 14.9. The van der Waals surface area contributed by atoms with E-state index in [1.165, 1.54) is 34.6 Å². The lowest BCUT2D eigenvalue weighted by atomic mass is 10.1. The quantitative estimate of drug-likeness (QED) is 0.481. The standard InChI is InChI=1S/C25H23ClFN3O4S/c26-21-12-9-18(15-23(21)29-24(31)17-7-3-1-4-8-17)28-25(32)20-11-10-19(16-22(20)27)30-13-5-2-6-14-35(30,33)34/h1,3-4,7-12,15-16H,2,5-6,13-14H2,(H,28,32)(H,29,31). The molecule has 0 radical (unpaired) electrons. The monoisotopic (exact) mass is 515 g/mol. The third-order valence-corrected chi connectivity index (χ3v) is 7.79. The first-order valence-electron chi connectivity index (χ1n) is 11.0. The molecular formula is C25H23ClFN3O4S. The van der Waals surface area contributed by atoms with E-state index in [1.54, 1.807) is 30.3 Å². The fourth-order valence-corrected chi connectivity index (χ4v) is 5.58. The van der Waals surface area contributed by atoms with E-state index in [-0.39, 0.29) is 40.2 Å². The third kappa shape index (κ3) is 5.80. The normalized spacial score (nSPS) is 15.2. The molecule has 0 aromatic heterocycles. The number of anilines is 3. The second-order valence-corrected chi connectivity index (χ2v) is 10.5. The van der Waals surface area contributed by atoms with Gasteiger partial charge >= 0.3 is 0 Å². The van der Waals surface area contributed by atoms with Gasteiger partial charge in [0.15, 0.2) is 0 Å². The molecule has 0 saturated carbocycles. The van der Waals surface area contributed by atoms with Gasteiger partial charge in [-0.05, 0) is 61.4 Å². The first-order valence-corrected chi connectivity index (χ1v) is 13.0. The van der Waals surface area contributed by atoms with Crippen LogP contribution in [0.1, 0.15) is 40.0 Å². The lowest BCUT2D eigenvalue weighted by Crippen LogP contribution is -2.32. The summed E-state index contributed by atoms with van der Waals surface area (Å²) in [5, 5.41) is 5.54. The Kier molecular flexibility index (Phi) is 7.37. The molecule has 1 heterocycles. The van der Waals surface area contributed by atoms with E-state index >= 15 is 0 Å². The van der Waals surface area contributed by atoms with Crippen LogP contribution < -0.4 is 14.9 Å². The van der Waals surface area contributed by atoms with Crippen molar-refractivity contribution in [3.8, 4) is 0 Å². The van der Waals surface area contributed by atoms with Crippen molar-refractivity contribution in [3.63, 3.8) is 0 Å². The fraction of sp³-hybridized carbons (Fsp3) is 0.200. The molecule has 0 aliphatic carbocycles. The molecule has 35 heavy (non-hydrogen) atoms. The van der Waals surface area contributed by atoms with Crippen molar-refractivity contribution in [1.29, 1.82) is 0 Å². The van der Waals surface area contributed by atoms with Crippen molar-refractivity contribution < 1.29 is 22.4 Å². The van der Waals surface area contributed by atoms with Crippen LogP contribution in [0.2, 0.25) is 5.02 Å². The molecule has 3 aromatic carbocycles. The predicted octanol–water partition coefficient (Wildman–Crippen LogP) is 5.30. The number of nitrogens with zero attached hydrogens (tertiary/aromatic N) is 1. The summed E-state index contributed by atoms with van der Waals surface area (Å²) in [6.07, 6.45) is 2.03. The minimum Gasteiger partial charge on any atom is -0.322 e. The van der Waals surface area contributed by atoms with E-state index in [0.29, 0.717) is 24.1 Å². The number of benzene rings is 3. The van der Waals surface area contributed by atoms with Crippen LogP contribution in [0.5, 0.6) is 0 Å². The fourth-order valence-electron chi connectivity index (χ4n) is 3.78. The molecule has 0 bridgehead atoms. The van der Waals surface area contributed by atoms with Crippen molar-refractivity contribution in [2.75, 3.05) is 27.2 Å². The van der Waals surface area contributed by atoms with Gasteiger partial charge in [-0.15, -0.1) is 0 Å². The van der Waals surface area contributed by atoms with Gasteiger partial charge in [-0.3, -0.25) is 13.9 Å². The third-order valence-electron chi connectivity index (χ3n) is 5.59. The van der Waals surface area contributed by atoms with E-state index in [0.717, 1.165) is 12.5 Å². The molecule has 2 N–H and O–H groups in total. The van der Waals surface area contributed by atoms with Crippen molar-refractivity contribution in [1.82, 2.24) is 0 Å². The van der Waals surface area contributed by atoms with Gasteiger partial charge in [-0.1, -0.05) is 36.2 Å². The van der Waals surface area contributed by atoms with Gasteiger partial charge in [0.05, 0.1) is 27.7 Å². The van der Waals surface area contributed by atoms with Crippen LogP contribution in [0.4, 0.5) is 21.5 Å². The van der Waals surface area contributed by atoms with Gasteiger partial charge in [0, 0.05) is 17.8 Å². The van der Waals surface area contributed by atoms with Crippen LogP contribution in [-0.2, 0) is 10.0 Å². The number of hydrogen-bond acceptors (Lipinski definition) is 4. The SMILES string of the molecule is O=C(Nc1cc(NC(=O)c2ccc(N3CCCCCS3(=O)=O)cc2F)ccc1Cl)c1ccccc1.